The molecule has 0 saturated carbocycles. The number of hydrogen-bond donors (Lipinski definition) is 2. The molecule has 1 aliphatic rings. The number of nitrogens with one attached hydrogen (secondary N) is 1. The topological polar surface area (TPSA) is 83.9 Å². The van der Waals surface area contributed by atoms with Gasteiger partial charge < -0.3 is 24.8 Å². The van der Waals surface area contributed by atoms with E-state index in [0.717, 1.165) is 66.8 Å². The Labute approximate surface area is 295 Å². The van der Waals surface area contributed by atoms with Crippen molar-refractivity contribution in [3.05, 3.63) is 95.3 Å². The molecule has 1 aromatic heterocycles. The van der Waals surface area contributed by atoms with E-state index in [1.807, 2.05) is 66.9 Å². The molecule has 1 amide bonds. The van der Waals surface area contributed by atoms with Crippen molar-refractivity contribution in [2.45, 2.75) is 135 Å². The number of anilines is 1. The van der Waals surface area contributed by atoms with Crippen LogP contribution in [0.4, 0.5) is 5.69 Å². The highest BCUT2D eigenvalue weighted by molar-refractivity contribution is 5.90. The van der Waals surface area contributed by atoms with Crippen LogP contribution < -0.4 is 5.32 Å². The fraction of sp³-hybridized carbons (Fsp3) is 0.571. The number of aliphatic hydroxyl groups excluding tert-OH is 1. The van der Waals surface area contributed by atoms with Gasteiger partial charge in [0.05, 0.1) is 18.8 Å². The molecule has 49 heavy (non-hydrogen) atoms. The van der Waals surface area contributed by atoms with Gasteiger partial charge in [0.2, 0.25) is 5.91 Å². The lowest BCUT2D eigenvalue weighted by atomic mass is 9.99. The number of rotatable bonds is 23. The second-order valence-electron chi connectivity index (χ2n) is 13.8. The Kier molecular flexibility index (Phi) is 17.8. The van der Waals surface area contributed by atoms with Crippen LogP contribution in [0.5, 0.6) is 0 Å². The first-order valence-corrected chi connectivity index (χ1v) is 19.0. The lowest BCUT2D eigenvalue weighted by Gasteiger charge is -2.38. The number of benzene rings is 2. The molecule has 1 aliphatic heterocycles. The smallest absolute Gasteiger partial charge is 0.224 e. The zero-order valence-corrected chi connectivity index (χ0v) is 30.2. The number of carbonyl (C=O) groups excluding carboxylic acids is 1. The number of likely N-dealkylation sites (N-methyl/N-ethyl adjacent to an activating group) is 1. The molecule has 7 nitrogen and oxygen atoms in total. The first-order valence-electron chi connectivity index (χ1n) is 19.0. The van der Waals surface area contributed by atoms with Gasteiger partial charge in [-0.25, -0.2) is 0 Å². The number of aliphatic hydroxyl groups is 1. The summed E-state index contributed by atoms with van der Waals surface area (Å²) in [5.74, 6) is 0.0555. The van der Waals surface area contributed by atoms with Crippen molar-refractivity contribution in [3.8, 4) is 0 Å². The second-order valence-corrected chi connectivity index (χ2v) is 13.8. The number of nitrogens with zero attached hydrogens (tertiary/aromatic N) is 2. The quantitative estimate of drug-likeness (QED) is 0.0977. The predicted molar refractivity (Wildman–Crippen MR) is 199 cm³/mol. The number of pyridine rings is 1. The van der Waals surface area contributed by atoms with Gasteiger partial charge in [-0.3, -0.25) is 9.78 Å². The SMILES string of the molecule is CCCCCCCCCCCCCCCC(=O)Nc1cccc(C2OC(CN(C)CCc3ccccn3)CC(c3ccc(CO)cc3)O2)c1. The molecule has 4 rings (SSSR count). The highest BCUT2D eigenvalue weighted by Gasteiger charge is 2.33. The zero-order valence-electron chi connectivity index (χ0n) is 30.2. The lowest BCUT2D eigenvalue weighted by molar-refractivity contribution is -0.252. The highest BCUT2D eigenvalue weighted by atomic mass is 16.7. The first-order chi connectivity index (χ1) is 24.0. The molecule has 7 heteroatoms. The van der Waals surface area contributed by atoms with Crippen molar-refractivity contribution in [1.29, 1.82) is 0 Å². The van der Waals surface area contributed by atoms with Gasteiger partial charge in [-0.05, 0) is 48.9 Å². The van der Waals surface area contributed by atoms with Gasteiger partial charge in [0, 0.05) is 55.5 Å². The van der Waals surface area contributed by atoms with Gasteiger partial charge >= 0.3 is 0 Å². The molecular formula is C42H61N3O4. The van der Waals surface area contributed by atoms with E-state index in [-0.39, 0.29) is 24.7 Å². The van der Waals surface area contributed by atoms with E-state index in [2.05, 4.69) is 35.2 Å². The summed E-state index contributed by atoms with van der Waals surface area (Å²) in [6.45, 7) is 3.92. The monoisotopic (exact) mass is 671 g/mol. The Bertz CT molecular complexity index is 1320. The first kappa shape index (κ1) is 38.7. The minimum absolute atomic E-state index is 0.0130. The van der Waals surface area contributed by atoms with Gasteiger partial charge in [0.25, 0.3) is 0 Å². The van der Waals surface area contributed by atoms with Gasteiger partial charge in [-0.2, -0.15) is 0 Å². The maximum absolute atomic E-state index is 12.8. The van der Waals surface area contributed by atoms with Gasteiger partial charge in [-0.15, -0.1) is 0 Å². The Morgan fingerprint density at radius 1 is 0.837 bits per heavy atom. The normalized spacial score (nSPS) is 17.8. The summed E-state index contributed by atoms with van der Waals surface area (Å²) in [5, 5.41) is 12.6. The predicted octanol–water partition coefficient (Wildman–Crippen LogP) is 9.71. The Morgan fingerprint density at radius 2 is 1.53 bits per heavy atom. The van der Waals surface area contributed by atoms with E-state index in [1.54, 1.807) is 0 Å². The van der Waals surface area contributed by atoms with E-state index < -0.39 is 6.29 Å². The molecule has 2 heterocycles. The number of ether oxygens (including phenoxy) is 2. The summed E-state index contributed by atoms with van der Waals surface area (Å²) in [6.07, 6.45) is 20.0. The highest BCUT2D eigenvalue weighted by Crippen LogP contribution is 2.38. The molecule has 0 spiro atoms. The van der Waals surface area contributed by atoms with Crippen molar-refractivity contribution in [2.75, 3.05) is 25.5 Å². The van der Waals surface area contributed by atoms with Crippen molar-refractivity contribution >= 4 is 11.6 Å². The summed E-state index contributed by atoms with van der Waals surface area (Å²) in [6, 6.07) is 21.9. The molecule has 268 valence electrons. The Hall–Kier alpha value is -3.10. The molecule has 3 aromatic rings. The Morgan fingerprint density at radius 3 is 2.18 bits per heavy atom. The Balaban J connectivity index is 1.24. The maximum atomic E-state index is 12.8. The van der Waals surface area contributed by atoms with Crippen LogP contribution in [-0.2, 0) is 27.3 Å². The van der Waals surface area contributed by atoms with Crippen molar-refractivity contribution < 1.29 is 19.4 Å². The number of amides is 1. The lowest BCUT2D eigenvalue weighted by Crippen LogP contribution is -2.38. The third-order valence-corrected chi connectivity index (χ3v) is 9.56. The zero-order chi connectivity index (χ0) is 34.5. The van der Waals surface area contributed by atoms with Crippen molar-refractivity contribution in [3.63, 3.8) is 0 Å². The fourth-order valence-corrected chi connectivity index (χ4v) is 6.61. The third kappa shape index (κ3) is 14.7. The molecule has 0 radical (unpaired) electrons. The van der Waals surface area contributed by atoms with Crippen molar-refractivity contribution in [1.82, 2.24) is 9.88 Å². The summed E-state index contributed by atoms with van der Waals surface area (Å²) in [4.78, 5) is 19.6. The van der Waals surface area contributed by atoms with E-state index >= 15 is 0 Å². The van der Waals surface area contributed by atoms with Crippen LogP contribution >= 0.6 is 0 Å². The van der Waals surface area contributed by atoms with Crippen LogP contribution in [0.1, 0.15) is 138 Å². The van der Waals surface area contributed by atoms with Gasteiger partial charge in [0.1, 0.15) is 0 Å². The van der Waals surface area contributed by atoms with E-state index in [4.69, 9.17) is 9.47 Å². The largest absolute Gasteiger partial charge is 0.392 e. The molecule has 0 bridgehead atoms. The fourth-order valence-electron chi connectivity index (χ4n) is 6.61. The third-order valence-electron chi connectivity index (χ3n) is 9.56. The maximum Gasteiger partial charge on any atom is 0.224 e. The van der Waals surface area contributed by atoms with E-state index in [0.29, 0.717) is 6.42 Å². The second kappa shape index (κ2) is 22.6. The number of carbonyl (C=O) groups is 1. The molecular weight excluding hydrogens is 610 g/mol. The minimum Gasteiger partial charge on any atom is -0.392 e. The minimum atomic E-state index is -0.566. The van der Waals surface area contributed by atoms with Crippen LogP contribution in [0.15, 0.2) is 72.9 Å². The molecule has 1 saturated heterocycles. The van der Waals surface area contributed by atoms with Crippen LogP contribution in [0.25, 0.3) is 0 Å². The van der Waals surface area contributed by atoms with E-state index in [1.165, 1.54) is 70.6 Å². The standard InChI is InChI=1S/C42H61N3O4/c1-3-4-5-6-7-8-9-10-11-12-13-14-15-22-41(47)44-38-21-18-19-36(30-38)42-48-39(32-45(2)29-27-37-20-16-17-28-43-37)31-40(49-42)35-25-23-34(33-46)24-26-35/h16-21,23-26,28,30,39-40,42,46H,3-15,22,27,29,31-33H2,1-2H3,(H,44,47). The molecule has 1 fully saturated rings. The van der Waals surface area contributed by atoms with Crippen LogP contribution in [-0.4, -0.2) is 47.1 Å². The molecule has 3 unspecified atom stereocenters. The number of unbranched alkanes of at least 4 members (excludes halogenated alkanes) is 12. The summed E-state index contributed by atoms with van der Waals surface area (Å²) >= 11 is 0. The van der Waals surface area contributed by atoms with Crippen LogP contribution in [0.3, 0.4) is 0 Å². The summed E-state index contributed by atoms with van der Waals surface area (Å²) < 4.78 is 13.1. The number of hydrogen-bond acceptors (Lipinski definition) is 6. The summed E-state index contributed by atoms with van der Waals surface area (Å²) in [5.41, 5.74) is 4.67. The van der Waals surface area contributed by atoms with Crippen molar-refractivity contribution in [2.24, 2.45) is 0 Å². The average Bonchev–Trinajstić information content (AvgIpc) is 3.13. The average molecular weight is 672 g/mol. The van der Waals surface area contributed by atoms with Crippen LogP contribution in [0.2, 0.25) is 0 Å². The van der Waals surface area contributed by atoms with E-state index in [9.17, 15) is 9.90 Å². The molecule has 3 atom stereocenters. The van der Waals surface area contributed by atoms with Gasteiger partial charge in [0.15, 0.2) is 6.29 Å². The number of aromatic nitrogens is 1. The molecule has 2 N–H and O–H groups in total. The summed E-state index contributed by atoms with van der Waals surface area (Å²) in [7, 11) is 2.12. The van der Waals surface area contributed by atoms with Crippen LogP contribution in [0, 0.1) is 0 Å². The molecule has 2 aromatic carbocycles. The molecule has 0 aliphatic carbocycles. The van der Waals surface area contributed by atoms with Gasteiger partial charge in [-0.1, -0.05) is 126 Å².